The molecule has 110 valence electrons. The summed E-state index contributed by atoms with van der Waals surface area (Å²) in [6.45, 7) is 1.87. The highest BCUT2D eigenvalue weighted by Crippen LogP contribution is 2.33. The summed E-state index contributed by atoms with van der Waals surface area (Å²) in [7, 11) is -4.07. The van der Waals surface area contributed by atoms with Crippen molar-refractivity contribution in [2.24, 2.45) is 7.05 Å². The summed E-state index contributed by atoms with van der Waals surface area (Å²) in [5, 5.41) is 4.14. The summed E-state index contributed by atoms with van der Waals surface area (Å²) in [4.78, 5) is 0. The van der Waals surface area contributed by atoms with Crippen molar-refractivity contribution >= 4 is 21.0 Å². The van der Waals surface area contributed by atoms with Gasteiger partial charge in [-0.05, 0) is 18.1 Å². The summed E-state index contributed by atoms with van der Waals surface area (Å²) in [6, 6.07) is 2.72. The Bertz CT molecular complexity index is 750. The highest BCUT2D eigenvalue weighted by Gasteiger charge is 2.48. The molecule has 0 saturated heterocycles. The molecule has 1 heterocycles. The van der Waals surface area contributed by atoms with Crippen molar-refractivity contribution in [2.45, 2.75) is 18.9 Å². The first-order chi connectivity index (χ1) is 9.17. The topological polar surface area (TPSA) is 61.2 Å². The Morgan fingerprint density at radius 2 is 2.00 bits per heavy atom. The molecule has 0 bridgehead atoms. The SMILES string of the molecule is CCc1ccc(OS(=O)(=O)C(F)(F)F)c2cnn(C)c12. The van der Waals surface area contributed by atoms with Crippen LogP contribution in [-0.2, 0) is 23.6 Å². The van der Waals surface area contributed by atoms with Gasteiger partial charge in [-0.1, -0.05) is 13.0 Å². The van der Waals surface area contributed by atoms with E-state index in [1.165, 1.54) is 23.0 Å². The monoisotopic (exact) mass is 308 g/mol. The van der Waals surface area contributed by atoms with Crippen LogP contribution in [0.5, 0.6) is 5.75 Å². The minimum Gasteiger partial charge on any atom is -0.375 e. The van der Waals surface area contributed by atoms with E-state index in [9.17, 15) is 21.6 Å². The molecule has 9 heteroatoms. The maximum Gasteiger partial charge on any atom is 0.534 e. The van der Waals surface area contributed by atoms with Crippen LogP contribution in [0.2, 0.25) is 0 Å². The van der Waals surface area contributed by atoms with Gasteiger partial charge in [0.25, 0.3) is 0 Å². The molecule has 0 saturated carbocycles. The third kappa shape index (κ3) is 2.33. The highest BCUT2D eigenvalue weighted by molar-refractivity contribution is 7.88. The molecule has 0 unspecified atom stereocenters. The van der Waals surface area contributed by atoms with Gasteiger partial charge in [-0.25, -0.2) is 0 Å². The molecule has 5 nitrogen and oxygen atoms in total. The molecule has 0 aliphatic rings. The van der Waals surface area contributed by atoms with Crippen molar-refractivity contribution < 1.29 is 25.8 Å². The van der Waals surface area contributed by atoms with Crippen LogP contribution in [0.3, 0.4) is 0 Å². The van der Waals surface area contributed by atoms with E-state index < -0.39 is 15.6 Å². The van der Waals surface area contributed by atoms with Crippen LogP contribution in [0.4, 0.5) is 13.2 Å². The Kier molecular flexibility index (Phi) is 3.41. The van der Waals surface area contributed by atoms with Crippen LogP contribution < -0.4 is 4.18 Å². The summed E-state index contributed by atoms with van der Waals surface area (Å²) in [6.07, 6.45) is 1.90. The predicted octanol–water partition coefficient (Wildman–Crippen LogP) is 2.36. The van der Waals surface area contributed by atoms with Gasteiger partial charge in [0.15, 0.2) is 5.75 Å². The number of nitrogens with zero attached hydrogens (tertiary/aromatic N) is 2. The van der Waals surface area contributed by atoms with Gasteiger partial charge in [-0.3, -0.25) is 4.68 Å². The summed E-state index contributed by atoms with van der Waals surface area (Å²) >= 11 is 0. The minimum absolute atomic E-state index is 0.222. The van der Waals surface area contributed by atoms with E-state index in [4.69, 9.17) is 0 Å². The van der Waals surface area contributed by atoms with Gasteiger partial charge in [-0.2, -0.15) is 26.7 Å². The second kappa shape index (κ2) is 4.65. The summed E-state index contributed by atoms with van der Waals surface area (Å²) in [5.74, 6) is -0.386. The fourth-order valence-corrected chi connectivity index (χ4v) is 2.34. The third-order valence-corrected chi connectivity index (χ3v) is 3.77. The second-order valence-corrected chi connectivity index (χ2v) is 5.63. The molecule has 2 rings (SSSR count). The normalized spacial score (nSPS) is 12.8. The fraction of sp³-hybridized carbons (Fsp3) is 0.364. The molecule has 1 aromatic carbocycles. The van der Waals surface area contributed by atoms with E-state index in [0.29, 0.717) is 11.9 Å². The molecule has 0 spiro atoms. The largest absolute Gasteiger partial charge is 0.534 e. The lowest BCUT2D eigenvalue weighted by Gasteiger charge is -2.11. The quantitative estimate of drug-likeness (QED) is 0.645. The van der Waals surface area contributed by atoms with Crippen molar-refractivity contribution in [3.05, 3.63) is 23.9 Å². The zero-order chi connectivity index (χ0) is 15.1. The highest BCUT2D eigenvalue weighted by atomic mass is 32.2. The zero-order valence-corrected chi connectivity index (χ0v) is 11.4. The van der Waals surface area contributed by atoms with Gasteiger partial charge >= 0.3 is 15.6 Å². The van der Waals surface area contributed by atoms with Crippen molar-refractivity contribution in [3.8, 4) is 5.75 Å². The number of benzene rings is 1. The molecule has 2 aromatic rings. The van der Waals surface area contributed by atoms with Crippen LogP contribution in [0.15, 0.2) is 18.3 Å². The molecular formula is C11H11F3N2O3S. The van der Waals surface area contributed by atoms with Gasteiger partial charge in [0.2, 0.25) is 0 Å². The fourth-order valence-electron chi connectivity index (χ4n) is 1.87. The molecule has 0 aliphatic carbocycles. The first kappa shape index (κ1) is 14.6. The zero-order valence-electron chi connectivity index (χ0n) is 10.6. The Morgan fingerprint density at radius 1 is 1.35 bits per heavy atom. The molecule has 0 radical (unpaired) electrons. The standard InChI is InChI=1S/C11H11F3N2O3S/c1-3-7-4-5-9(8-6-15-16(2)10(7)8)19-20(17,18)11(12,13)14/h4-6H,3H2,1-2H3. The number of aromatic nitrogens is 2. The van der Waals surface area contributed by atoms with Gasteiger partial charge in [0.1, 0.15) is 0 Å². The second-order valence-electron chi connectivity index (χ2n) is 4.09. The van der Waals surface area contributed by atoms with Crippen LogP contribution in [0, 0.1) is 0 Å². The minimum atomic E-state index is -5.69. The van der Waals surface area contributed by atoms with Crippen molar-refractivity contribution in [2.75, 3.05) is 0 Å². The van der Waals surface area contributed by atoms with Gasteiger partial charge in [0, 0.05) is 7.05 Å². The van der Waals surface area contributed by atoms with Crippen molar-refractivity contribution in [1.29, 1.82) is 0 Å². The molecule has 0 aliphatic heterocycles. The number of hydrogen-bond donors (Lipinski definition) is 0. The number of hydrogen-bond acceptors (Lipinski definition) is 4. The maximum absolute atomic E-state index is 12.3. The van der Waals surface area contributed by atoms with Gasteiger partial charge < -0.3 is 4.18 Å². The summed E-state index contributed by atoms with van der Waals surface area (Å²) < 4.78 is 64.8. The van der Waals surface area contributed by atoms with E-state index in [1.54, 1.807) is 7.05 Å². The molecule has 20 heavy (non-hydrogen) atoms. The van der Waals surface area contributed by atoms with Gasteiger partial charge in [-0.15, -0.1) is 0 Å². The first-order valence-corrected chi connectivity index (χ1v) is 7.02. The predicted molar refractivity (Wildman–Crippen MR) is 65.7 cm³/mol. The lowest BCUT2D eigenvalue weighted by molar-refractivity contribution is -0.0499. The van der Waals surface area contributed by atoms with Crippen molar-refractivity contribution in [3.63, 3.8) is 0 Å². The molecule has 0 fully saturated rings. The Balaban J connectivity index is 2.58. The van der Waals surface area contributed by atoms with E-state index >= 15 is 0 Å². The number of rotatable bonds is 3. The van der Waals surface area contributed by atoms with Crippen LogP contribution in [0.1, 0.15) is 12.5 Å². The van der Waals surface area contributed by atoms with Crippen molar-refractivity contribution in [1.82, 2.24) is 9.78 Å². The Labute approximate surface area is 113 Å². The lowest BCUT2D eigenvalue weighted by atomic mass is 10.1. The Hall–Kier alpha value is -1.77. The number of aryl methyl sites for hydroxylation is 2. The van der Waals surface area contributed by atoms with Gasteiger partial charge in [0.05, 0.1) is 17.1 Å². The van der Waals surface area contributed by atoms with Crippen LogP contribution in [-0.4, -0.2) is 23.7 Å². The van der Waals surface area contributed by atoms with Crippen LogP contribution in [0.25, 0.3) is 10.9 Å². The van der Waals surface area contributed by atoms with E-state index in [1.807, 2.05) is 6.92 Å². The smallest absolute Gasteiger partial charge is 0.375 e. The molecule has 0 amide bonds. The van der Waals surface area contributed by atoms with E-state index in [2.05, 4.69) is 9.28 Å². The lowest BCUT2D eigenvalue weighted by Crippen LogP contribution is -2.28. The van der Waals surface area contributed by atoms with Crippen LogP contribution >= 0.6 is 0 Å². The third-order valence-electron chi connectivity index (χ3n) is 2.81. The van der Waals surface area contributed by atoms with E-state index in [-0.39, 0.29) is 11.1 Å². The number of halogens is 3. The first-order valence-electron chi connectivity index (χ1n) is 5.61. The summed E-state index contributed by atoms with van der Waals surface area (Å²) in [5.41, 5.74) is -4.09. The average Bonchev–Trinajstić information content (AvgIpc) is 2.71. The Morgan fingerprint density at radius 3 is 2.55 bits per heavy atom. The van der Waals surface area contributed by atoms with E-state index in [0.717, 1.165) is 5.56 Å². The average molecular weight is 308 g/mol. The molecule has 1 aromatic heterocycles. The maximum atomic E-state index is 12.3. The number of alkyl halides is 3. The number of fused-ring (bicyclic) bond motifs is 1. The molecule has 0 N–H and O–H groups in total. The molecular weight excluding hydrogens is 297 g/mol. The molecule has 0 atom stereocenters.